The molecular formula is C10H12N2O4S. The van der Waals surface area contributed by atoms with Crippen LogP contribution in [0.25, 0.3) is 0 Å². The lowest BCUT2D eigenvalue weighted by Gasteiger charge is -2.12. The Hall–Kier alpha value is -1.63. The molecule has 1 aliphatic carbocycles. The Morgan fingerprint density at radius 3 is 2.76 bits per heavy atom. The van der Waals surface area contributed by atoms with Gasteiger partial charge in [0, 0.05) is 12.3 Å². The zero-order chi connectivity index (χ0) is 12.5. The first-order valence-corrected chi connectivity index (χ1v) is 6.97. The third-order valence-electron chi connectivity index (χ3n) is 2.16. The van der Waals surface area contributed by atoms with Gasteiger partial charge in [-0.3, -0.25) is 14.5 Å². The molecule has 0 aliphatic heterocycles. The fourth-order valence-electron chi connectivity index (χ4n) is 1.30. The molecule has 0 aromatic carbocycles. The quantitative estimate of drug-likeness (QED) is 0.788. The van der Waals surface area contributed by atoms with Crippen LogP contribution in [-0.4, -0.2) is 32.0 Å². The van der Waals surface area contributed by atoms with Crippen molar-refractivity contribution < 1.29 is 17.9 Å². The number of hydrogen-bond acceptors (Lipinski definition) is 5. The molecule has 92 valence electrons. The molecule has 0 radical (unpaired) electrons. The lowest BCUT2D eigenvalue weighted by Crippen LogP contribution is -2.14. The second-order valence-electron chi connectivity index (χ2n) is 3.88. The van der Waals surface area contributed by atoms with E-state index in [2.05, 4.69) is 9.71 Å². The Labute approximate surface area is 99.1 Å². The van der Waals surface area contributed by atoms with Crippen LogP contribution in [0.3, 0.4) is 0 Å². The van der Waals surface area contributed by atoms with Crippen molar-refractivity contribution in [3.05, 3.63) is 18.0 Å². The topological polar surface area (TPSA) is 85.4 Å². The van der Waals surface area contributed by atoms with Crippen molar-refractivity contribution >= 4 is 22.0 Å². The highest BCUT2D eigenvalue weighted by Crippen LogP contribution is 2.33. The predicted molar refractivity (Wildman–Crippen MR) is 61.7 cm³/mol. The van der Waals surface area contributed by atoms with Crippen LogP contribution >= 0.6 is 0 Å². The largest absolute Gasteiger partial charge is 0.488 e. The van der Waals surface area contributed by atoms with E-state index in [1.807, 2.05) is 0 Å². The van der Waals surface area contributed by atoms with Crippen molar-refractivity contribution in [3.8, 4) is 5.75 Å². The van der Waals surface area contributed by atoms with Crippen molar-refractivity contribution in [2.45, 2.75) is 18.9 Å². The number of aldehydes is 1. The first kappa shape index (κ1) is 11.8. The molecule has 1 aromatic rings. The number of pyridine rings is 1. The molecule has 1 heterocycles. The molecule has 0 atom stereocenters. The van der Waals surface area contributed by atoms with Crippen LogP contribution in [0.15, 0.2) is 12.3 Å². The molecule has 1 N–H and O–H groups in total. The summed E-state index contributed by atoms with van der Waals surface area (Å²) >= 11 is 0. The minimum atomic E-state index is -3.48. The van der Waals surface area contributed by atoms with E-state index in [1.54, 1.807) is 6.07 Å². The summed E-state index contributed by atoms with van der Waals surface area (Å²) in [5, 5.41) is 0. The summed E-state index contributed by atoms with van der Waals surface area (Å²) in [6.07, 6.45) is 4.91. The van der Waals surface area contributed by atoms with Crippen LogP contribution in [0.1, 0.15) is 23.3 Å². The monoisotopic (exact) mass is 256 g/mol. The summed E-state index contributed by atoms with van der Waals surface area (Å²) in [4.78, 5) is 14.6. The fourth-order valence-corrected chi connectivity index (χ4v) is 1.88. The number of ether oxygens (including phenoxy) is 1. The van der Waals surface area contributed by atoms with Gasteiger partial charge in [-0.05, 0) is 12.8 Å². The van der Waals surface area contributed by atoms with Gasteiger partial charge in [-0.15, -0.1) is 0 Å². The Morgan fingerprint density at radius 2 is 2.24 bits per heavy atom. The Balaban J connectivity index is 2.38. The fraction of sp³-hybridized carbons (Fsp3) is 0.400. The standard InChI is InChI=1S/C10H12N2O4S/c1-17(14,15)12-10-8(6-13)11-5-4-9(10)16-7-2-3-7/h4-7,12H,2-3H2,1H3. The SMILES string of the molecule is CS(=O)(=O)Nc1c(OC2CC2)ccnc1C=O. The van der Waals surface area contributed by atoms with Crippen molar-refractivity contribution in [3.63, 3.8) is 0 Å². The van der Waals surface area contributed by atoms with Gasteiger partial charge >= 0.3 is 0 Å². The van der Waals surface area contributed by atoms with Crippen molar-refractivity contribution in [2.75, 3.05) is 11.0 Å². The van der Waals surface area contributed by atoms with E-state index in [-0.39, 0.29) is 17.5 Å². The van der Waals surface area contributed by atoms with Gasteiger partial charge in [0.2, 0.25) is 10.0 Å². The summed E-state index contributed by atoms with van der Waals surface area (Å²) in [5.41, 5.74) is 0.130. The number of rotatable bonds is 5. The van der Waals surface area contributed by atoms with Gasteiger partial charge in [0.25, 0.3) is 0 Å². The van der Waals surface area contributed by atoms with Crippen LogP contribution in [0, 0.1) is 0 Å². The van der Waals surface area contributed by atoms with Crippen LogP contribution < -0.4 is 9.46 Å². The number of nitrogens with zero attached hydrogens (tertiary/aromatic N) is 1. The highest BCUT2D eigenvalue weighted by Gasteiger charge is 2.26. The summed E-state index contributed by atoms with van der Waals surface area (Å²) < 4.78 is 30.2. The minimum absolute atomic E-state index is 0.0218. The van der Waals surface area contributed by atoms with Gasteiger partial charge < -0.3 is 4.74 Å². The second kappa shape index (κ2) is 4.33. The van der Waals surface area contributed by atoms with E-state index < -0.39 is 10.0 Å². The summed E-state index contributed by atoms with van der Waals surface area (Å²) in [6, 6.07) is 1.54. The smallest absolute Gasteiger partial charge is 0.230 e. The lowest BCUT2D eigenvalue weighted by atomic mass is 10.3. The number of carbonyl (C=O) groups excluding carboxylic acids is 1. The number of carbonyl (C=O) groups is 1. The highest BCUT2D eigenvalue weighted by atomic mass is 32.2. The van der Waals surface area contributed by atoms with E-state index in [4.69, 9.17) is 4.74 Å². The summed E-state index contributed by atoms with van der Waals surface area (Å²) in [5.74, 6) is 0.343. The second-order valence-corrected chi connectivity index (χ2v) is 5.63. The van der Waals surface area contributed by atoms with E-state index in [9.17, 15) is 13.2 Å². The van der Waals surface area contributed by atoms with Crippen LogP contribution in [0.4, 0.5) is 5.69 Å². The maximum atomic E-state index is 11.2. The Bertz CT molecular complexity index is 537. The maximum Gasteiger partial charge on any atom is 0.230 e. The summed E-state index contributed by atoms with van der Waals surface area (Å²) in [6.45, 7) is 0. The van der Waals surface area contributed by atoms with E-state index >= 15 is 0 Å². The molecule has 6 nitrogen and oxygen atoms in total. The minimum Gasteiger partial charge on any atom is -0.488 e. The molecule has 1 fully saturated rings. The average Bonchev–Trinajstić information content (AvgIpc) is 3.02. The van der Waals surface area contributed by atoms with Gasteiger partial charge in [-0.1, -0.05) is 0 Å². The van der Waals surface area contributed by atoms with Crippen LogP contribution in [0.5, 0.6) is 5.75 Å². The molecule has 7 heteroatoms. The molecule has 0 saturated heterocycles. The summed E-state index contributed by atoms with van der Waals surface area (Å²) in [7, 11) is -3.48. The van der Waals surface area contributed by atoms with Gasteiger partial charge in [0.1, 0.15) is 17.1 Å². The highest BCUT2D eigenvalue weighted by molar-refractivity contribution is 7.92. The van der Waals surface area contributed by atoms with Gasteiger partial charge in [-0.2, -0.15) is 0 Å². The predicted octanol–water partition coefficient (Wildman–Crippen LogP) is 0.807. The molecular weight excluding hydrogens is 244 g/mol. The number of aromatic nitrogens is 1. The number of sulfonamides is 1. The van der Waals surface area contributed by atoms with Crippen LogP contribution in [-0.2, 0) is 10.0 Å². The van der Waals surface area contributed by atoms with Crippen LogP contribution in [0.2, 0.25) is 0 Å². The molecule has 0 bridgehead atoms. The van der Waals surface area contributed by atoms with E-state index in [0.717, 1.165) is 19.1 Å². The normalized spacial score (nSPS) is 15.4. The average molecular weight is 256 g/mol. The molecule has 1 aliphatic rings. The van der Waals surface area contributed by atoms with Crippen molar-refractivity contribution in [2.24, 2.45) is 0 Å². The Kier molecular flexibility index (Phi) is 3.01. The Morgan fingerprint density at radius 1 is 1.53 bits per heavy atom. The lowest BCUT2D eigenvalue weighted by molar-refractivity contribution is 0.111. The van der Waals surface area contributed by atoms with Gasteiger partial charge in [-0.25, -0.2) is 8.42 Å². The van der Waals surface area contributed by atoms with Crippen molar-refractivity contribution in [1.29, 1.82) is 0 Å². The molecule has 17 heavy (non-hydrogen) atoms. The molecule has 1 aromatic heterocycles. The molecule has 1 saturated carbocycles. The number of hydrogen-bond donors (Lipinski definition) is 1. The number of anilines is 1. The van der Waals surface area contributed by atoms with E-state index in [0.29, 0.717) is 12.0 Å². The van der Waals surface area contributed by atoms with Crippen molar-refractivity contribution in [1.82, 2.24) is 4.98 Å². The molecule has 0 amide bonds. The third-order valence-corrected chi connectivity index (χ3v) is 2.73. The zero-order valence-electron chi connectivity index (χ0n) is 9.21. The van der Waals surface area contributed by atoms with Gasteiger partial charge in [0.05, 0.1) is 12.4 Å². The van der Waals surface area contributed by atoms with Gasteiger partial charge in [0.15, 0.2) is 6.29 Å². The zero-order valence-corrected chi connectivity index (χ0v) is 10.0. The first-order chi connectivity index (χ1) is 7.99. The first-order valence-electron chi connectivity index (χ1n) is 5.08. The molecule has 2 rings (SSSR count). The number of nitrogens with one attached hydrogen (secondary N) is 1. The maximum absolute atomic E-state index is 11.2. The van der Waals surface area contributed by atoms with E-state index in [1.165, 1.54) is 6.20 Å². The molecule has 0 unspecified atom stereocenters. The third kappa shape index (κ3) is 3.16. The molecule has 0 spiro atoms.